The van der Waals surface area contributed by atoms with Gasteiger partial charge in [0.1, 0.15) is 12.9 Å². The topological polar surface area (TPSA) is 49.7 Å². The van der Waals surface area contributed by atoms with Crippen LogP contribution in [0.5, 0.6) is 5.75 Å². The molecule has 1 aromatic rings. The fraction of sp³-hybridized carbons (Fsp3) is 0.706. The molecule has 0 amide bonds. The zero-order valence-electron chi connectivity index (χ0n) is 13.9. The summed E-state index contributed by atoms with van der Waals surface area (Å²) >= 11 is 3.36. The van der Waals surface area contributed by atoms with Gasteiger partial charge in [0.25, 0.3) is 0 Å². The van der Waals surface area contributed by atoms with Crippen LogP contribution in [0, 0.1) is 11.3 Å². The van der Waals surface area contributed by atoms with Crippen molar-refractivity contribution in [1.29, 1.82) is 0 Å². The number of nitrogens with zero attached hydrogens (tertiary/aromatic N) is 1. The lowest BCUT2D eigenvalue weighted by Crippen LogP contribution is -2.46. The fourth-order valence-corrected chi connectivity index (χ4v) is 4.70. The standard InChI is InChI=1S/C17H24BrNO4/c1-17-7-5-4-6-11(17)8-19-9-12(18)14(20)15(22-3)13(19)16(17)23-10-21-2/h9,11,16H,4-8,10H2,1-3H3/t11-,16?,17-/m0/s1. The summed E-state index contributed by atoms with van der Waals surface area (Å²) in [4.78, 5) is 12.5. The normalized spacial score (nSPS) is 29.7. The largest absolute Gasteiger partial charge is 0.491 e. The molecule has 0 saturated heterocycles. The van der Waals surface area contributed by atoms with Crippen molar-refractivity contribution in [3.05, 3.63) is 26.6 Å². The maximum atomic E-state index is 12.5. The number of ether oxygens (including phenoxy) is 3. The van der Waals surface area contributed by atoms with Gasteiger partial charge in [-0.05, 0) is 34.7 Å². The second kappa shape index (κ2) is 6.57. The number of rotatable bonds is 4. The molecule has 1 aliphatic heterocycles. The SMILES string of the molecule is COCOC1c2c(OC)c(=O)c(Br)cn2C[C@@H]2CCCC[C@]12C. The number of pyridine rings is 1. The van der Waals surface area contributed by atoms with Crippen molar-refractivity contribution >= 4 is 15.9 Å². The molecule has 2 heterocycles. The van der Waals surface area contributed by atoms with Gasteiger partial charge in [0, 0.05) is 25.3 Å². The van der Waals surface area contributed by atoms with Gasteiger partial charge in [0.15, 0.2) is 5.75 Å². The molecule has 3 atom stereocenters. The molecule has 6 heteroatoms. The first kappa shape index (κ1) is 17.0. The van der Waals surface area contributed by atoms with E-state index in [4.69, 9.17) is 14.2 Å². The maximum Gasteiger partial charge on any atom is 0.237 e. The third-order valence-corrected chi connectivity index (χ3v) is 6.07. The highest BCUT2D eigenvalue weighted by Gasteiger charge is 2.50. The van der Waals surface area contributed by atoms with E-state index in [9.17, 15) is 4.79 Å². The van der Waals surface area contributed by atoms with Gasteiger partial charge < -0.3 is 18.8 Å². The third-order valence-electron chi connectivity index (χ3n) is 5.51. The first-order valence-corrected chi connectivity index (χ1v) is 8.89. The summed E-state index contributed by atoms with van der Waals surface area (Å²) in [6.45, 7) is 3.39. The average molecular weight is 386 g/mol. The summed E-state index contributed by atoms with van der Waals surface area (Å²) < 4.78 is 19.4. The Hall–Kier alpha value is -0.850. The van der Waals surface area contributed by atoms with Gasteiger partial charge in [-0.25, -0.2) is 0 Å². The van der Waals surface area contributed by atoms with Crippen LogP contribution in [0.4, 0.5) is 0 Å². The maximum absolute atomic E-state index is 12.5. The Bertz CT molecular complexity index is 644. The van der Waals surface area contributed by atoms with Crippen LogP contribution in [-0.4, -0.2) is 25.6 Å². The number of fused-ring (bicyclic) bond motifs is 2. The highest BCUT2D eigenvalue weighted by molar-refractivity contribution is 9.10. The number of aromatic nitrogens is 1. The fourth-order valence-electron chi connectivity index (χ4n) is 4.27. The van der Waals surface area contributed by atoms with E-state index in [1.54, 1.807) is 14.2 Å². The molecule has 1 saturated carbocycles. The molecule has 0 bridgehead atoms. The Kier molecular flexibility index (Phi) is 4.85. The second-order valence-corrected chi connectivity index (χ2v) is 7.63. The van der Waals surface area contributed by atoms with Crippen molar-refractivity contribution in [2.45, 2.75) is 45.3 Å². The van der Waals surface area contributed by atoms with Gasteiger partial charge in [-0.15, -0.1) is 0 Å². The molecule has 1 fully saturated rings. The molecule has 128 valence electrons. The minimum Gasteiger partial charge on any atom is -0.491 e. The van der Waals surface area contributed by atoms with E-state index in [-0.39, 0.29) is 23.7 Å². The van der Waals surface area contributed by atoms with Crippen LogP contribution >= 0.6 is 15.9 Å². The van der Waals surface area contributed by atoms with E-state index in [2.05, 4.69) is 27.4 Å². The van der Waals surface area contributed by atoms with Crippen LogP contribution in [0.2, 0.25) is 0 Å². The van der Waals surface area contributed by atoms with E-state index in [1.807, 2.05) is 6.20 Å². The molecule has 1 unspecified atom stereocenters. The Morgan fingerprint density at radius 1 is 1.39 bits per heavy atom. The summed E-state index contributed by atoms with van der Waals surface area (Å²) in [5.74, 6) is 0.912. The zero-order chi connectivity index (χ0) is 16.6. The summed E-state index contributed by atoms with van der Waals surface area (Å²) in [6, 6.07) is 0. The number of halogens is 1. The predicted molar refractivity (Wildman–Crippen MR) is 90.7 cm³/mol. The van der Waals surface area contributed by atoms with E-state index >= 15 is 0 Å². The molecular formula is C17H24BrNO4. The van der Waals surface area contributed by atoms with Crippen molar-refractivity contribution in [2.24, 2.45) is 11.3 Å². The monoisotopic (exact) mass is 385 g/mol. The number of hydrogen-bond donors (Lipinski definition) is 0. The van der Waals surface area contributed by atoms with Crippen molar-refractivity contribution in [1.82, 2.24) is 4.57 Å². The number of hydrogen-bond acceptors (Lipinski definition) is 4. The van der Waals surface area contributed by atoms with Crippen molar-refractivity contribution in [2.75, 3.05) is 21.0 Å². The first-order valence-electron chi connectivity index (χ1n) is 8.10. The van der Waals surface area contributed by atoms with Gasteiger partial charge >= 0.3 is 0 Å². The summed E-state index contributed by atoms with van der Waals surface area (Å²) in [5.41, 5.74) is 0.727. The molecule has 1 aliphatic carbocycles. The van der Waals surface area contributed by atoms with Crippen LogP contribution in [0.15, 0.2) is 15.5 Å². The molecule has 0 radical (unpaired) electrons. The molecule has 0 spiro atoms. The Balaban J connectivity index is 2.17. The van der Waals surface area contributed by atoms with Gasteiger partial charge in [-0.3, -0.25) is 4.79 Å². The quantitative estimate of drug-likeness (QED) is 0.744. The minimum atomic E-state index is -0.197. The highest BCUT2D eigenvalue weighted by atomic mass is 79.9. The van der Waals surface area contributed by atoms with E-state index in [0.717, 1.165) is 18.7 Å². The van der Waals surface area contributed by atoms with Crippen LogP contribution in [-0.2, 0) is 16.0 Å². The van der Waals surface area contributed by atoms with Gasteiger partial charge in [0.2, 0.25) is 5.43 Å². The zero-order valence-corrected chi connectivity index (χ0v) is 15.5. The molecule has 3 rings (SSSR count). The van der Waals surface area contributed by atoms with Crippen LogP contribution in [0.25, 0.3) is 0 Å². The van der Waals surface area contributed by atoms with E-state index < -0.39 is 0 Å². The minimum absolute atomic E-state index is 0.00430. The summed E-state index contributed by atoms with van der Waals surface area (Å²) in [6.07, 6.45) is 6.41. The van der Waals surface area contributed by atoms with Crippen molar-refractivity contribution < 1.29 is 14.2 Å². The van der Waals surface area contributed by atoms with Crippen LogP contribution in [0.1, 0.15) is 44.4 Å². The lowest BCUT2D eigenvalue weighted by Gasteiger charge is -2.51. The Labute approximate surface area is 145 Å². The summed E-state index contributed by atoms with van der Waals surface area (Å²) in [7, 11) is 3.17. The van der Waals surface area contributed by atoms with Crippen molar-refractivity contribution in [3.8, 4) is 5.75 Å². The highest BCUT2D eigenvalue weighted by Crippen LogP contribution is 2.55. The molecule has 2 aliphatic rings. The predicted octanol–water partition coefficient (Wildman–Crippen LogP) is 3.49. The molecule has 0 aromatic carbocycles. The molecule has 23 heavy (non-hydrogen) atoms. The molecular weight excluding hydrogens is 362 g/mol. The lowest BCUT2D eigenvalue weighted by molar-refractivity contribution is -0.157. The third kappa shape index (κ3) is 2.75. The molecule has 0 N–H and O–H groups in total. The van der Waals surface area contributed by atoms with Gasteiger partial charge in [-0.2, -0.15) is 0 Å². The van der Waals surface area contributed by atoms with Crippen molar-refractivity contribution in [3.63, 3.8) is 0 Å². The second-order valence-electron chi connectivity index (χ2n) is 6.78. The van der Waals surface area contributed by atoms with E-state index in [0.29, 0.717) is 16.1 Å². The van der Waals surface area contributed by atoms with Gasteiger partial charge in [-0.1, -0.05) is 19.8 Å². The number of methoxy groups -OCH3 is 2. The van der Waals surface area contributed by atoms with Crippen LogP contribution < -0.4 is 10.2 Å². The Morgan fingerprint density at radius 3 is 2.87 bits per heavy atom. The molecule has 5 nitrogen and oxygen atoms in total. The Morgan fingerprint density at radius 2 is 2.17 bits per heavy atom. The summed E-state index contributed by atoms with van der Waals surface area (Å²) in [5, 5.41) is 0. The average Bonchev–Trinajstić information content (AvgIpc) is 2.53. The molecule has 1 aromatic heterocycles. The smallest absolute Gasteiger partial charge is 0.237 e. The van der Waals surface area contributed by atoms with Gasteiger partial charge in [0.05, 0.1) is 17.3 Å². The first-order chi connectivity index (χ1) is 11.0. The van der Waals surface area contributed by atoms with Crippen LogP contribution in [0.3, 0.4) is 0 Å². The lowest BCUT2D eigenvalue weighted by atomic mass is 9.61. The van der Waals surface area contributed by atoms with E-state index in [1.165, 1.54) is 19.3 Å².